The van der Waals surface area contributed by atoms with Crippen LogP contribution < -0.4 is 5.76 Å². The number of carboxylic acid groups (broad SMARTS) is 1. The minimum Gasteiger partial charge on any atom is -0.478 e. The van der Waals surface area contributed by atoms with Crippen molar-refractivity contribution >= 4 is 22.6 Å². The second-order valence-corrected chi connectivity index (χ2v) is 3.39. The minimum absolute atomic E-state index is 0.251. The molecule has 1 aromatic carbocycles. The van der Waals surface area contributed by atoms with Gasteiger partial charge in [0.1, 0.15) is 0 Å². The van der Waals surface area contributed by atoms with Gasteiger partial charge in [-0.05, 0) is 23.3 Å². The molecule has 0 aliphatic heterocycles. The molecule has 0 spiro atoms. The lowest BCUT2D eigenvalue weighted by molar-refractivity contribution is -0.131. The summed E-state index contributed by atoms with van der Waals surface area (Å²) >= 11 is 0. The average molecular weight is 235 g/mol. The first-order valence-electron chi connectivity index (χ1n) is 4.78. The second-order valence-electron chi connectivity index (χ2n) is 3.39. The summed E-state index contributed by atoms with van der Waals surface area (Å²) in [6.45, 7) is -0.403. The summed E-state index contributed by atoms with van der Waals surface area (Å²) in [6, 6.07) is 4.66. The number of carbonyl (C=O) groups is 1. The number of aliphatic carboxylic acids is 1. The first kappa shape index (κ1) is 11.2. The van der Waals surface area contributed by atoms with Crippen LogP contribution in [0.5, 0.6) is 0 Å². The Morgan fingerprint density at radius 3 is 2.88 bits per heavy atom. The third-order valence-electron chi connectivity index (χ3n) is 2.26. The van der Waals surface area contributed by atoms with Crippen molar-refractivity contribution in [3.05, 3.63) is 40.4 Å². The van der Waals surface area contributed by atoms with Gasteiger partial charge in [0, 0.05) is 6.08 Å². The van der Waals surface area contributed by atoms with Crippen molar-refractivity contribution < 1.29 is 19.4 Å². The van der Waals surface area contributed by atoms with Gasteiger partial charge in [-0.1, -0.05) is 6.07 Å². The van der Waals surface area contributed by atoms with E-state index < -0.39 is 18.3 Å². The Labute approximate surface area is 94.8 Å². The van der Waals surface area contributed by atoms with E-state index in [4.69, 9.17) is 14.6 Å². The van der Waals surface area contributed by atoms with E-state index in [0.29, 0.717) is 16.7 Å². The van der Waals surface area contributed by atoms with Crippen molar-refractivity contribution in [1.29, 1.82) is 0 Å². The van der Waals surface area contributed by atoms with Crippen LogP contribution in [0, 0.1) is 0 Å². The SMILES string of the molecule is O=C(O)/C=C(\CO)c1ccc2oc(=O)[nH]c2c1. The van der Waals surface area contributed by atoms with Gasteiger partial charge >= 0.3 is 11.7 Å². The molecule has 0 unspecified atom stereocenters. The predicted octanol–water partition coefficient (Wildman–Crippen LogP) is 0.581. The van der Waals surface area contributed by atoms with Crippen LogP contribution in [0.4, 0.5) is 0 Å². The first-order valence-corrected chi connectivity index (χ1v) is 4.78. The summed E-state index contributed by atoms with van der Waals surface area (Å²) in [5.41, 5.74) is 1.60. The van der Waals surface area contributed by atoms with E-state index in [1.54, 1.807) is 12.1 Å². The Hall–Kier alpha value is -2.34. The first-order chi connectivity index (χ1) is 8.10. The normalized spacial score (nSPS) is 11.9. The van der Waals surface area contributed by atoms with Crippen molar-refractivity contribution in [2.75, 3.05) is 6.61 Å². The van der Waals surface area contributed by atoms with Crippen LogP contribution in [0.25, 0.3) is 16.7 Å². The molecular weight excluding hydrogens is 226 g/mol. The number of nitrogens with one attached hydrogen (secondary N) is 1. The highest BCUT2D eigenvalue weighted by Crippen LogP contribution is 2.18. The largest absolute Gasteiger partial charge is 0.478 e. The van der Waals surface area contributed by atoms with Crippen LogP contribution in [0.2, 0.25) is 0 Å². The third kappa shape index (κ3) is 2.26. The summed E-state index contributed by atoms with van der Waals surface area (Å²) in [5, 5.41) is 17.7. The van der Waals surface area contributed by atoms with E-state index in [2.05, 4.69) is 4.98 Å². The van der Waals surface area contributed by atoms with Crippen molar-refractivity contribution in [3.63, 3.8) is 0 Å². The summed E-state index contributed by atoms with van der Waals surface area (Å²) in [6.07, 6.45) is 0.916. The quantitative estimate of drug-likeness (QED) is 0.675. The standard InChI is InChI=1S/C11H9NO5/c13-5-7(4-10(14)15)6-1-2-9-8(3-6)12-11(16)17-9/h1-4,13H,5H2,(H,12,16)(H,14,15)/b7-4+. The second kappa shape index (κ2) is 4.26. The van der Waals surface area contributed by atoms with Crippen LogP contribution in [-0.4, -0.2) is 27.8 Å². The Morgan fingerprint density at radius 2 is 2.24 bits per heavy atom. The van der Waals surface area contributed by atoms with Crippen LogP contribution in [-0.2, 0) is 4.79 Å². The van der Waals surface area contributed by atoms with Crippen molar-refractivity contribution in [1.82, 2.24) is 4.98 Å². The molecule has 1 heterocycles. The molecule has 0 aliphatic rings. The molecule has 0 aliphatic carbocycles. The van der Waals surface area contributed by atoms with E-state index in [0.717, 1.165) is 6.08 Å². The zero-order chi connectivity index (χ0) is 12.4. The minimum atomic E-state index is -1.14. The smallest absolute Gasteiger partial charge is 0.417 e. The number of oxazole rings is 1. The molecule has 0 radical (unpaired) electrons. The average Bonchev–Trinajstić information content (AvgIpc) is 2.64. The van der Waals surface area contributed by atoms with Gasteiger partial charge in [0.2, 0.25) is 0 Å². The molecule has 6 nitrogen and oxygen atoms in total. The van der Waals surface area contributed by atoms with Gasteiger partial charge in [0.25, 0.3) is 0 Å². The van der Waals surface area contributed by atoms with Gasteiger partial charge in [-0.15, -0.1) is 0 Å². The number of carboxylic acids is 1. The van der Waals surface area contributed by atoms with Gasteiger partial charge < -0.3 is 14.6 Å². The number of hydrogen-bond acceptors (Lipinski definition) is 4. The number of aromatic amines is 1. The van der Waals surface area contributed by atoms with Crippen molar-refractivity contribution in [2.45, 2.75) is 0 Å². The number of fused-ring (bicyclic) bond motifs is 1. The fourth-order valence-corrected chi connectivity index (χ4v) is 1.52. The summed E-state index contributed by atoms with van der Waals surface area (Å²) in [5.74, 6) is -1.72. The fraction of sp³-hybridized carbons (Fsp3) is 0.0909. The zero-order valence-corrected chi connectivity index (χ0v) is 8.64. The van der Waals surface area contributed by atoms with Gasteiger partial charge in [0.15, 0.2) is 5.58 Å². The third-order valence-corrected chi connectivity index (χ3v) is 2.26. The molecule has 17 heavy (non-hydrogen) atoms. The highest BCUT2D eigenvalue weighted by Gasteiger charge is 2.06. The topological polar surface area (TPSA) is 104 Å². The maximum absolute atomic E-state index is 10.9. The number of aliphatic hydroxyl groups excluding tert-OH is 1. The Bertz CT molecular complexity index is 649. The summed E-state index contributed by atoms with van der Waals surface area (Å²) in [7, 11) is 0. The monoisotopic (exact) mass is 235 g/mol. The lowest BCUT2D eigenvalue weighted by Gasteiger charge is -2.02. The lowest BCUT2D eigenvalue weighted by Crippen LogP contribution is -1.96. The van der Waals surface area contributed by atoms with Crippen molar-refractivity contribution in [2.24, 2.45) is 0 Å². The number of H-pyrrole nitrogens is 1. The fourth-order valence-electron chi connectivity index (χ4n) is 1.52. The molecule has 0 saturated carbocycles. The molecule has 88 valence electrons. The molecule has 0 fully saturated rings. The molecule has 0 bridgehead atoms. The van der Waals surface area contributed by atoms with Crippen molar-refractivity contribution in [3.8, 4) is 0 Å². The molecule has 6 heteroatoms. The Kier molecular flexibility index (Phi) is 2.80. The predicted molar refractivity (Wildman–Crippen MR) is 59.5 cm³/mol. The Balaban J connectivity index is 2.54. The van der Waals surface area contributed by atoms with Crippen LogP contribution >= 0.6 is 0 Å². The summed E-state index contributed by atoms with van der Waals surface area (Å²) < 4.78 is 4.81. The van der Waals surface area contributed by atoms with E-state index >= 15 is 0 Å². The van der Waals surface area contributed by atoms with Gasteiger partial charge in [-0.25, -0.2) is 9.59 Å². The van der Waals surface area contributed by atoms with E-state index in [-0.39, 0.29) is 5.57 Å². The van der Waals surface area contributed by atoms with E-state index in [9.17, 15) is 9.59 Å². The van der Waals surface area contributed by atoms with Crippen LogP contribution in [0.3, 0.4) is 0 Å². The van der Waals surface area contributed by atoms with Crippen LogP contribution in [0.1, 0.15) is 5.56 Å². The number of benzene rings is 1. The molecular formula is C11H9NO5. The Morgan fingerprint density at radius 1 is 1.47 bits per heavy atom. The highest BCUT2D eigenvalue weighted by molar-refractivity contribution is 5.91. The molecule has 0 atom stereocenters. The van der Waals surface area contributed by atoms with Gasteiger partial charge in [-0.2, -0.15) is 0 Å². The number of rotatable bonds is 3. The molecule has 0 amide bonds. The maximum Gasteiger partial charge on any atom is 0.417 e. The highest BCUT2D eigenvalue weighted by atomic mass is 16.4. The zero-order valence-electron chi connectivity index (χ0n) is 8.64. The molecule has 0 saturated heterocycles. The molecule has 2 rings (SSSR count). The number of aromatic nitrogens is 1. The number of hydrogen-bond donors (Lipinski definition) is 3. The lowest BCUT2D eigenvalue weighted by atomic mass is 10.1. The molecule has 2 aromatic rings. The van der Waals surface area contributed by atoms with Crippen LogP contribution in [0.15, 0.2) is 33.5 Å². The van der Waals surface area contributed by atoms with Gasteiger partial charge in [0.05, 0.1) is 12.1 Å². The number of aliphatic hydroxyl groups is 1. The summed E-state index contributed by atoms with van der Waals surface area (Å²) in [4.78, 5) is 23.9. The van der Waals surface area contributed by atoms with E-state index in [1.807, 2.05) is 0 Å². The molecule has 3 N–H and O–H groups in total. The van der Waals surface area contributed by atoms with Gasteiger partial charge in [-0.3, -0.25) is 4.98 Å². The molecule has 1 aromatic heterocycles. The maximum atomic E-state index is 10.9. The van der Waals surface area contributed by atoms with E-state index in [1.165, 1.54) is 6.07 Å².